The van der Waals surface area contributed by atoms with Crippen molar-refractivity contribution in [3.63, 3.8) is 0 Å². The molecule has 0 radical (unpaired) electrons. The van der Waals surface area contributed by atoms with Crippen LogP contribution in [0.25, 0.3) is 0 Å². The van der Waals surface area contributed by atoms with Gasteiger partial charge in [0.15, 0.2) is 5.96 Å². The molecule has 0 amide bonds. The van der Waals surface area contributed by atoms with Crippen LogP contribution in [0.3, 0.4) is 0 Å². The van der Waals surface area contributed by atoms with Crippen LogP contribution in [0.15, 0.2) is 29.3 Å². The lowest BCUT2D eigenvalue weighted by Gasteiger charge is -2.31. The molecule has 2 unspecified atom stereocenters. The van der Waals surface area contributed by atoms with E-state index in [2.05, 4.69) is 65.6 Å². The first-order valence-corrected chi connectivity index (χ1v) is 11.8. The molecule has 31 heavy (non-hydrogen) atoms. The number of nitrogens with zero attached hydrogens (tertiary/aromatic N) is 3. The average molecular weight is 544 g/mol. The van der Waals surface area contributed by atoms with Crippen LogP contribution in [0.2, 0.25) is 0 Å². The highest BCUT2D eigenvalue weighted by Gasteiger charge is 2.27. The lowest BCUT2D eigenvalue weighted by molar-refractivity contribution is -0.0250. The predicted octanol–water partition coefficient (Wildman–Crippen LogP) is 3.27. The molecule has 2 saturated heterocycles. The lowest BCUT2D eigenvalue weighted by Crippen LogP contribution is -2.42. The minimum Gasteiger partial charge on any atom is -0.373 e. The summed E-state index contributed by atoms with van der Waals surface area (Å²) in [5, 5.41) is 6.96. The van der Waals surface area contributed by atoms with Crippen LogP contribution in [0.4, 0.5) is 0 Å². The molecule has 1 aromatic rings. The normalized spacial score (nSPS) is 23.6. The van der Waals surface area contributed by atoms with Crippen molar-refractivity contribution >= 4 is 29.9 Å². The van der Waals surface area contributed by atoms with Gasteiger partial charge >= 0.3 is 0 Å². The topological polar surface area (TPSA) is 52.1 Å². The summed E-state index contributed by atoms with van der Waals surface area (Å²) in [6.45, 7) is 13.5. The van der Waals surface area contributed by atoms with Crippen molar-refractivity contribution in [2.24, 2.45) is 10.9 Å². The fourth-order valence-electron chi connectivity index (χ4n) is 4.36. The zero-order valence-corrected chi connectivity index (χ0v) is 21.9. The molecule has 7 heteroatoms. The zero-order valence-electron chi connectivity index (χ0n) is 19.6. The number of hydrogen-bond acceptors (Lipinski definition) is 4. The highest BCUT2D eigenvalue weighted by atomic mass is 127. The first-order chi connectivity index (χ1) is 14.7. The van der Waals surface area contributed by atoms with Gasteiger partial charge in [0.2, 0.25) is 0 Å². The Morgan fingerprint density at radius 2 is 1.90 bits per heavy atom. The van der Waals surface area contributed by atoms with Crippen LogP contribution < -0.4 is 10.6 Å². The molecule has 0 aliphatic carbocycles. The van der Waals surface area contributed by atoms with E-state index in [4.69, 9.17) is 9.73 Å². The first-order valence-electron chi connectivity index (χ1n) is 11.8. The van der Waals surface area contributed by atoms with Crippen LogP contribution in [-0.4, -0.2) is 81.8 Å². The fraction of sp³-hybridized carbons (Fsp3) is 0.708. The van der Waals surface area contributed by atoms with Crippen LogP contribution in [0.5, 0.6) is 0 Å². The Balaban J connectivity index is 0.00000341. The standard InChI is InChI=1S/C24H41N5O.HI/c1-4-25-24(26-12-15-29-14-6-13-28(3)16-17-29)27-19-22-7-5-18-30-23(22)21-10-8-20(2)9-11-21;/h8-11,22-23H,4-7,12-19H2,1-3H3,(H2,25,26,27);1H. The first kappa shape index (κ1) is 26.4. The molecule has 2 atom stereocenters. The van der Waals surface area contributed by atoms with E-state index in [1.807, 2.05) is 0 Å². The van der Waals surface area contributed by atoms with Crippen molar-refractivity contribution in [3.05, 3.63) is 35.4 Å². The molecule has 0 spiro atoms. The summed E-state index contributed by atoms with van der Waals surface area (Å²) in [5.41, 5.74) is 2.57. The van der Waals surface area contributed by atoms with Crippen LogP contribution in [0.1, 0.15) is 43.4 Å². The lowest BCUT2D eigenvalue weighted by atomic mass is 9.89. The zero-order chi connectivity index (χ0) is 21.2. The highest BCUT2D eigenvalue weighted by molar-refractivity contribution is 14.0. The number of benzene rings is 1. The molecule has 2 heterocycles. The molecule has 176 valence electrons. The molecule has 2 fully saturated rings. The van der Waals surface area contributed by atoms with Gasteiger partial charge in [0.1, 0.15) is 0 Å². The number of halogens is 1. The van der Waals surface area contributed by atoms with Crippen molar-refractivity contribution in [1.29, 1.82) is 0 Å². The number of rotatable bonds is 7. The van der Waals surface area contributed by atoms with Crippen molar-refractivity contribution in [2.45, 2.75) is 39.2 Å². The van der Waals surface area contributed by atoms with Gasteiger partial charge in [-0.1, -0.05) is 29.8 Å². The number of hydrogen-bond donors (Lipinski definition) is 2. The van der Waals surface area contributed by atoms with E-state index in [0.29, 0.717) is 5.92 Å². The van der Waals surface area contributed by atoms with E-state index >= 15 is 0 Å². The molecule has 0 saturated carbocycles. The van der Waals surface area contributed by atoms with Gasteiger partial charge < -0.3 is 25.2 Å². The molecule has 1 aromatic carbocycles. The Bertz CT molecular complexity index is 654. The summed E-state index contributed by atoms with van der Waals surface area (Å²) in [6, 6.07) is 8.79. The molecule has 2 aliphatic rings. The maximum absolute atomic E-state index is 6.17. The van der Waals surface area contributed by atoms with E-state index in [-0.39, 0.29) is 30.1 Å². The number of likely N-dealkylation sites (N-methyl/N-ethyl adjacent to an activating group) is 1. The monoisotopic (exact) mass is 543 g/mol. The van der Waals surface area contributed by atoms with Crippen molar-refractivity contribution in [3.8, 4) is 0 Å². The summed E-state index contributed by atoms with van der Waals surface area (Å²) in [7, 11) is 2.22. The third-order valence-corrected chi connectivity index (χ3v) is 6.21. The molecular weight excluding hydrogens is 501 g/mol. The van der Waals surface area contributed by atoms with Crippen LogP contribution >= 0.6 is 24.0 Å². The summed E-state index contributed by atoms with van der Waals surface area (Å²) in [5.74, 6) is 1.36. The Morgan fingerprint density at radius 3 is 2.68 bits per heavy atom. The van der Waals surface area contributed by atoms with Gasteiger partial charge in [-0.25, -0.2) is 0 Å². The number of aryl methyl sites for hydroxylation is 1. The van der Waals surface area contributed by atoms with Gasteiger partial charge in [-0.2, -0.15) is 0 Å². The molecular formula is C24H42IN5O. The third-order valence-electron chi connectivity index (χ3n) is 6.21. The van der Waals surface area contributed by atoms with Crippen molar-refractivity contribution in [1.82, 2.24) is 20.4 Å². The quantitative estimate of drug-likeness (QED) is 0.314. The molecule has 0 aromatic heterocycles. The maximum atomic E-state index is 6.17. The second-order valence-corrected chi connectivity index (χ2v) is 8.75. The van der Waals surface area contributed by atoms with Gasteiger partial charge in [0, 0.05) is 51.8 Å². The Hall–Kier alpha value is -0.900. The van der Waals surface area contributed by atoms with Crippen LogP contribution in [0, 0.1) is 12.8 Å². The molecule has 3 rings (SSSR count). The average Bonchev–Trinajstić information content (AvgIpc) is 2.97. The van der Waals surface area contributed by atoms with Gasteiger partial charge in [0.25, 0.3) is 0 Å². The number of guanidine groups is 1. The summed E-state index contributed by atoms with van der Waals surface area (Å²) in [6.07, 6.45) is 3.70. The number of nitrogens with one attached hydrogen (secondary N) is 2. The van der Waals surface area contributed by atoms with Crippen molar-refractivity contribution < 1.29 is 4.74 Å². The molecule has 0 bridgehead atoms. The third kappa shape index (κ3) is 8.86. The van der Waals surface area contributed by atoms with E-state index in [1.54, 1.807) is 0 Å². The molecule has 2 aliphatic heterocycles. The van der Waals surface area contributed by atoms with Crippen LogP contribution in [-0.2, 0) is 4.74 Å². The summed E-state index contributed by atoms with van der Waals surface area (Å²) < 4.78 is 6.17. The minimum atomic E-state index is 0. The Morgan fingerprint density at radius 1 is 1.10 bits per heavy atom. The second-order valence-electron chi connectivity index (χ2n) is 8.75. The predicted molar refractivity (Wildman–Crippen MR) is 141 cm³/mol. The maximum Gasteiger partial charge on any atom is 0.191 e. The smallest absolute Gasteiger partial charge is 0.191 e. The summed E-state index contributed by atoms with van der Waals surface area (Å²) >= 11 is 0. The highest BCUT2D eigenvalue weighted by Crippen LogP contribution is 2.33. The Labute approximate surface area is 206 Å². The summed E-state index contributed by atoms with van der Waals surface area (Å²) in [4.78, 5) is 9.92. The SMILES string of the molecule is CCNC(=NCC1CCCOC1c1ccc(C)cc1)NCCN1CCCN(C)CC1.I. The van der Waals surface area contributed by atoms with E-state index in [1.165, 1.54) is 37.1 Å². The number of ether oxygens (including phenoxy) is 1. The van der Waals surface area contributed by atoms with Crippen molar-refractivity contribution in [2.75, 3.05) is 66.0 Å². The van der Waals surface area contributed by atoms with E-state index in [0.717, 1.165) is 58.3 Å². The second kappa shape index (κ2) is 14.3. The molecule has 6 nitrogen and oxygen atoms in total. The molecule has 2 N–H and O–H groups in total. The van der Waals surface area contributed by atoms with Gasteiger partial charge in [-0.15, -0.1) is 24.0 Å². The van der Waals surface area contributed by atoms with Gasteiger partial charge in [-0.05, 0) is 58.8 Å². The van der Waals surface area contributed by atoms with E-state index in [9.17, 15) is 0 Å². The Kier molecular flexibility index (Phi) is 12.1. The van der Waals surface area contributed by atoms with Gasteiger partial charge in [0.05, 0.1) is 6.10 Å². The van der Waals surface area contributed by atoms with E-state index < -0.39 is 0 Å². The van der Waals surface area contributed by atoms with Gasteiger partial charge in [-0.3, -0.25) is 4.99 Å². The number of aliphatic imine (C=N–C) groups is 1. The largest absolute Gasteiger partial charge is 0.373 e. The minimum absolute atomic E-state index is 0. The fourth-order valence-corrected chi connectivity index (χ4v) is 4.36.